The minimum Gasteiger partial charge on any atom is -0.467 e. The number of nitrogens with zero attached hydrogens (tertiary/aromatic N) is 1. The normalized spacial score (nSPS) is 11.3. The molecule has 0 saturated heterocycles. The van der Waals surface area contributed by atoms with E-state index in [1.807, 2.05) is 6.07 Å². The van der Waals surface area contributed by atoms with Crippen LogP contribution < -0.4 is 5.32 Å². The van der Waals surface area contributed by atoms with Gasteiger partial charge in [-0.2, -0.15) is 5.26 Å². The quantitative estimate of drug-likeness (QED) is 0.845. The minimum atomic E-state index is -1.30. The highest BCUT2D eigenvalue weighted by atomic mass is 19.2. The Labute approximate surface area is 142 Å². The molecule has 2 aromatic carbocycles. The van der Waals surface area contributed by atoms with Gasteiger partial charge in [-0.15, -0.1) is 0 Å². The molecule has 0 radical (unpaired) electrons. The monoisotopic (exact) mass is 344 g/mol. The second-order valence-electron chi connectivity index (χ2n) is 5.17. The number of methoxy groups -OCH3 is 1. The minimum absolute atomic E-state index is 0.0326. The Morgan fingerprint density at radius 1 is 1.24 bits per heavy atom. The summed E-state index contributed by atoms with van der Waals surface area (Å²) in [6.45, 7) is 0. The summed E-state index contributed by atoms with van der Waals surface area (Å²) in [5.41, 5.74) is 0.484. The lowest BCUT2D eigenvalue weighted by Gasteiger charge is -2.17. The van der Waals surface area contributed by atoms with Gasteiger partial charge in [-0.3, -0.25) is 4.79 Å². The molecule has 0 aliphatic carbocycles. The fourth-order valence-corrected chi connectivity index (χ4v) is 2.25. The average Bonchev–Trinajstić information content (AvgIpc) is 2.62. The van der Waals surface area contributed by atoms with E-state index < -0.39 is 35.1 Å². The zero-order valence-electron chi connectivity index (χ0n) is 13.3. The predicted octanol–water partition coefficient (Wildman–Crippen LogP) is 2.35. The topological polar surface area (TPSA) is 79.2 Å². The summed E-state index contributed by atoms with van der Waals surface area (Å²) in [7, 11) is 1.15. The number of hydrogen-bond donors (Lipinski definition) is 1. The average molecular weight is 344 g/mol. The van der Waals surface area contributed by atoms with E-state index in [2.05, 4.69) is 10.1 Å². The van der Waals surface area contributed by atoms with Gasteiger partial charge in [-0.1, -0.05) is 18.2 Å². The number of benzene rings is 2. The Morgan fingerprint density at radius 2 is 1.96 bits per heavy atom. The summed E-state index contributed by atoms with van der Waals surface area (Å²) in [4.78, 5) is 24.1. The highest BCUT2D eigenvalue weighted by Gasteiger charge is 2.24. The third kappa shape index (κ3) is 4.38. The van der Waals surface area contributed by atoms with E-state index >= 15 is 0 Å². The molecule has 1 N–H and O–H groups in total. The molecule has 0 heterocycles. The van der Waals surface area contributed by atoms with Crippen molar-refractivity contribution in [3.05, 3.63) is 70.8 Å². The van der Waals surface area contributed by atoms with Crippen LogP contribution >= 0.6 is 0 Å². The Hall–Kier alpha value is -3.27. The fraction of sp³-hybridized carbons (Fsp3) is 0.167. The van der Waals surface area contributed by atoms with Crippen molar-refractivity contribution < 1.29 is 23.1 Å². The maximum atomic E-state index is 13.7. The molecule has 1 amide bonds. The molecule has 2 aromatic rings. The van der Waals surface area contributed by atoms with Crippen LogP contribution in [0, 0.1) is 23.0 Å². The molecule has 0 fully saturated rings. The first-order chi connectivity index (χ1) is 12.0. The van der Waals surface area contributed by atoms with Crippen molar-refractivity contribution in [3.8, 4) is 6.07 Å². The van der Waals surface area contributed by atoms with Gasteiger partial charge < -0.3 is 10.1 Å². The molecule has 0 unspecified atom stereocenters. The fourth-order valence-electron chi connectivity index (χ4n) is 2.25. The highest BCUT2D eigenvalue weighted by Crippen LogP contribution is 2.13. The Balaban J connectivity index is 2.23. The molecular weight excluding hydrogens is 330 g/mol. The number of ether oxygens (including phenoxy) is 1. The van der Waals surface area contributed by atoms with Crippen LogP contribution in [0.2, 0.25) is 0 Å². The maximum absolute atomic E-state index is 13.7. The van der Waals surface area contributed by atoms with E-state index in [-0.39, 0.29) is 6.42 Å². The largest absolute Gasteiger partial charge is 0.467 e. The third-order valence-corrected chi connectivity index (χ3v) is 3.48. The van der Waals surface area contributed by atoms with E-state index in [4.69, 9.17) is 5.26 Å². The molecule has 1 atom stereocenters. The van der Waals surface area contributed by atoms with Gasteiger partial charge in [-0.05, 0) is 29.8 Å². The number of nitriles is 1. The summed E-state index contributed by atoms with van der Waals surface area (Å²) in [5.74, 6) is -4.14. The van der Waals surface area contributed by atoms with Crippen molar-refractivity contribution >= 4 is 11.9 Å². The molecule has 128 valence electrons. The first-order valence-electron chi connectivity index (χ1n) is 7.28. The van der Waals surface area contributed by atoms with Crippen LogP contribution in [-0.4, -0.2) is 25.0 Å². The molecule has 0 aliphatic rings. The van der Waals surface area contributed by atoms with Gasteiger partial charge in [0, 0.05) is 6.42 Å². The van der Waals surface area contributed by atoms with Crippen molar-refractivity contribution in [2.75, 3.05) is 7.11 Å². The van der Waals surface area contributed by atoms with Crippen LogP contribution in [0.5, 0.6) is 0 Å². The second-order valence-corrected chi connectivity index (χ2v) is 5.17. The number of carbonyl (C=O) groups is 2. The SMILES string of the molecule is COC(=O)[C@@H](Cc1cccc(C#N)c1)NC(=O)c1cccc(F)c1F. The summed E-state index contributed by atoms with van der Waals surface area (Å²) < 4.78 is 31.6. The van der Waals surface area contributed by atoms with E-state index in [1.165, 1.54) is 6.07 Å². The van der Waals surface area contributed by atoms with Gasteiger partial charge in [0.2, 0.25) is 0 Å². The van der Waals surface area contributed by atoms with Crippen molar-refractivity contribution in [1.82, 2.24) is 5.32 Å². The van der Waals surface area contributed by atoms with Gasteiger partial charge in [0.05, 0.1) is 24.3 Å². The van der Waals surface area contributed by atoms with Crippen LogP contribution in [0.4, 0.5) is 8.78 Å². The van der Waals surface area contributed by atoms with E-state index in [0.29, 0.717) is 11.1 Å². The lowest BCUT2D eigenvalue weighted by molar-refractivity contribution is -0.142. The van der Waals surface area contributed by atoms with Crippen LogP contribution in [0.15, 0.2) is 42.5 Å². The first-order valence-corrected chi connectivity index (χ1v) is 7.28. The summed E-state index contributed by atoms with van der Waals surface area (Å²) in [6.07, 6.45) is 0.0326. The lowest BCUT2D eigenvalue weighted by Crippen LogP contribution is -2.43. The molecule has 5 nitrogen and oxygen atoms in total. The van der Waals surface area contributed by atoms with Gasteiger partial charge in [-0.25, -0.2) is 13.6 Å². The molecule has 0 spiro atoms. The predicted molar refractivity (Wildman–Crippen MR) is 84.5 cm³/mol. The van der Waals surface area contributed by atoms with Crippen molar-refractivity contribution in [2.24, 2.45) is 0 Å². The van der Waals surface area contributed by atoms with E-state index in [0.717, 1.165) is 19.2 Å². The Bertz CT molecular complexity index is 846. The van der Waals surface area contributed by atoms with Gasteiger partial charge in [0.15, 0.2) is 11.6 Å². The number of esters is 1. The van der Waals surface area contributed by atoms with Crippen LogP contribution in [0.3, 0.4) is 0 Å². The summed E-state index contributed by atoms with van der Waals surface area (Å²) >= 11 is 0. The number of halogens is 2. The molecule has 0 aromatic heterocycles. The number of rotatable bonds is 5. The Morgan fingerprint density at radius 3 is 2.64 bits per heavy atom. The molecule has 2 rings (SSSR count). The summed E-state index contributed by atoms with van der Waals surface area (Å²) in [6, 6.07) is 10.5. The molecule has 7 heteroatoms. The number of amides is 1. The second kappa shape index (κ2) is 8.02. The maximum Gasteiger partial charge on any atom is 0.328 e. The van der Waals surface area contributed by atoms with Gasteiger partial charge in [0.25, 0.3) is 5.91 Å². The standard InChI is InChI=1S/C18H14F2N2O3/c1-25-18(24)15(9-11-4-2-5-12(8-11)10-21)22-17(23)13-6-3-7-14(19)16(13)20/h2-8,15H,9H2,1H3,(H,22,23)/t15-/m1/s1. The van der Waals surface area contributed by atoms with E-state index in [1.54, 1.807) is 24.3 Å². The molecule has 0 bridgehead atoms. The Kier molecular flexibility index (Phi) is 5.79. The zero-order chi connectivity index (χ0) is 18.4. The van der Waals surface area contributed by atoms with Gasteiger partial charge >= 0.3 is 5.97 Å². The van der Waals surface area contributed by atoms with Gasteiger partial charge in [0.1, 0.15) is 6.04 Å². The zero-order valence-corrected chi connectivity index (χ0v) is 13.3. The summed E-state index contributed by atoms with van der Waals surface area (Å²) in [5, 5.41) is 11.2. The van der Waals surface area contributed by atoms with E-state index in [9.17, 15) is 18.4 Å². The van der Waals surface area contributed by atoms with Crippen molar-refractivity contribution in [3.63, 3.8) is 0 Å². The lowest BCUT2D eigenvalue weighted by atomic mass is 10.0. The number of carbonyl (C=O) groups excluding carboxylic acids is 2. The smallest absolute Gasteiger partial charge is 0.328 e. The highest BCUT2D eigenvalue weighted by molar-refractivity contribution is 5.97. The van der Waals surface area contributed by atoms with Crippen molar-refractivity contribution in [1.29, 1.82) is 5.26 Å². The van der Waals surface area contributed by atoms with Crippen LogP contribution in [-0.2, 0) is 16.0 Å². The first kappa shape index (κ1) is 18.1. The molecule has 0 saturated carbocycles. The number of nitrogens with one attached hydrogen (secondary N) is 1. The molecule has 25 heavy (non-hydrogen) atoms. The van der Waals surface area contributed by atoms with Crippen molar-refractivity contribution in [2.45, 2.75) is 12.5 Å². The number of hydrogen-bond acceptors (Lipinski definition) is 4. The van der Waals surface area contributed by atoms with Crippen LogP contribution in [0.1, 0.15) is 21.5 Å². The molecular formula is C18H14F2N2O3. The molecule has 0 aliphatic heterocycles. The van der Waals surface area contributed by atoms with Crippen LogP contribution in [0.25, 0.3) is 0 Å². The third-order valence-electron chi connectivity index (χ3n) is 3.48.